The van der Waals surface area contributed by atoms with Gasteiger partial charge >= 0.3 is 0 Å². The van der Waals surface area contributed by atoms with Crippen LogP contribution in [0.3, 0.4) is 0 Å². The molecule has 0 saturated carbocycles. The van der Waals surface area contributed by atoms with Gasteiger partial charge in [-0.15, -0.1) is 0 Å². The number of rotatable bonds is 11. The topological polar surface area (TPSA) is 0 Å². The molecule has 0 atom stereocenters. The molecule has 20 heavy (non-hydrogen) atoms. The molecule has 1 rings (SSSR count). The van der Waals surface area contributed by atoms with Gasteiger partial charge in [-0.3, -0.25) is 0 Å². The fraction of sp³-hybridized carbons (Fsp3) is 0.684. The number of hydrogen-bond acceptors (Lipinski definition) is 0. The zero-order valence-corrected chi connectivity index (χ0v) is 13.5. The van der Waals surface area contributed by atoms with Crippen LogP contribution < -0.4 is 0 Å². The second kappa shape index (κ2) is 9.99. The van der Waals surface area contributed by atoms with Gasteiger partial charge in [-0.05, 0) is 12.8 Å². The Kier molecular flexibility index (Phi) is 5.41. The molecule has 0 aromatic heterocycles. The molecule has 114 valence electrons. The molecule has 1 heteroatoms. The van der Waals surface area contributed by atoms with E-state index in [1.54, 1.807) is 0 Å². The molecule has 1 nitrogen and oxygen atoms in total. The van der Waals surface area contributed by atoms with Crippen molar-refractivity contribution in [3.05, 3.63) is 35.8 Å². The predicted octanol–water partition coefficient (Wildman–Crippen LogP) is 5.40. The summed E-state index contributed by atoms with van der Waals surface area (Å²) in [5.74, 6) is 0. The molecular formula is C19H34N+. The van der Waals surface area contributed by atoms with Crippen molar-refractivity contribution in [3.8, 4) is 0 Å². The van der Waals surface area contributed by atoms with Crippen LogP contribution in [0.1, 0.15) is 70.7 Å². The Bertz CT molecular complexity index is 528. The standard InChI is InChI=1S/C19H34N/c1-4-5-6-7-8-9-10-14-17-20(2,3)18-19-15-12-11-13-16-19/h11-13,15-16H,4-10,14,17-18H2,1-3H3/q+1/i11D,12D,13D,15D,16D. The summed E-state index contributed by atoms with van der Waals surface area (Å²) in [6, 6.07) is -0.903. The highest BCUT2D eigenvalue weighted by molar-refractivity contribution is 5.13. The molecule has 0 spiro atoms. The summed E-state index contributed by atoms with van der Waals surface area (Å²) in [7, 11) is 4.14. The van der Waals surface area contributed by atoms with Gasteiger partial charge in [0.2, 0.25) is 0 Å². The lowest BCUT2D eigenvalue weighted by Gasteiger charge is -2.30. The van der Waals surface area contributed by atoms with E-state index in [4.69, 9.17) is 6.85 Å². The highest BCUT2D eigenvalue weighted by Crippen LogP contribution is 2.13. The van der Waals surface area contributed by atoms with Crippen molar-refractivity contribution in [2.24, 2.45) is 0 Å². The maximum absolute atomic E-state index is 8.06. The van der Waals surface area contributed by atoms with Crippen molar-refractivity contribution in [1.29, 1.82) is 0 Å². The van der Waals surface area contributed by atoms with Gasteiger partial charge in [0.15, 0.2) is 0 Å². The van der Waals surface area contributed by atoms with Crippen LogP contribution in [0, 0.1) is 0 Å². The van der Waals surface area contributed by atoms with E-state index in [2.05, 4.69) is 21.0 Å². The Hall–Kier alpha value is -0.820. The van der Waals surface area contributed by atoms with E-state index < -0.39 is 0 Å². The van der Waals surface area contributed by atoms with Crippen LogP contribution >= 0.6 is 0 Å². The summed E-state index contributed by atoms with van der Waals surface area (Å²) in [4.78, 5) is 0. The van der Waals surface area contributed by atoms with Gasteiger partial charge in [-0.25, -0.2) is 0 Å². The van der Waals surface area contributed by atoms with Crippen molar-refractivity contribution in [1.82, 2.24) is 0 Å². The zero-order chi connectivity index (χ0) is 19.0. The Morgan fingerprint density at radius 3 is 2.00 bits per heavy atom. The number of benzene rings is 1. The first-order chi connectivity index (χ1) is 11.7. The molecule has 1 aromatic rings. The zero-order valence-electron chi connectivity index (χ0n) is 18.5. The second-order valence-electron chi connectivity index (χ2n) is 6.40. The molecule has 0 aliphatic rings. The van der Waals surface area contributed by atoms with Gasteiger partial charge in [0.05, 0.1) is 27.5 Å². The third kappa shape index (κ3) is 8.37. The van der Waals surface area contributed by atoms with Crippen LogP contribution in [0.5, 0.6) is 0 Å². The van der Waals surface area contributed by atoms with Gasteiger partial charge in [-0.1, -0.05) is 75.7 Å². The third-order valence-electron chi connectivity index (χ3n) is 3.75. The molecule has 0 saturated heterocycles. The summed E-state index contributed by atoms with van der Waals surface area (Å²) >= 11 is 0. The van der Waals surface area contributed by atoms with E-state index >= 15 is 0 Å². The summed E-state index contributed by atoms with van der Waals surface area (Å²) in [6.45, 7) is 3.65. The molecule has 0 N–H and O–H groups in total. The fourth-order valence-corrected chi connectivity index (χ4v) is 2.54. The monoisotopic (exact) mass is 281 g/mol. The van der Waals surface area contributed by atoms with Crippen LogP contribution in [0.15, 0.2) is 30.2 Å². The van der Waals surface area contributed by atoms with E-state index in [1.807, 2.05) is 0 Å². The van der Waals surface area contributed by atoms with Crippen LogP contribution in [0.25, 0.3) is 0 Å². The first kappa shape index (κ1) is 10.8. The van der Waals surface area contributed by atoms with Gasteiger partial charge in [0.25, 0.3) is 0 Å². The minimum Gasteiger partial charge on any atom is -0.325 e. The Morgan fingerprint density at radius 1 is 0.850 bits per heavy atom. The van der Waals surface area contributed by atoms with Gasteiger partial charge < -0.3 is 4.48 Å². The molecule has 0 unspecified atom stereocenters. The van der Waals surface area contributed by atoms with Crippen LogP contribution in [-0.4, -0.2) is 25.1 Å². The molecule has 0 amide bonds. The third-order valence-corrected chi connectivity index (χ3v) is 3.75. The van der Waals surface area contributed by atoms with Crippen molar-refractivity contribution in [2.45, 2.75) is 64.8 Å². The van der Waals surface area contributed by atoms with E-state index in [-0.39, 0.29) is 30.2 Å². The SMILES string of the molecule is [2H]c1c([2H])c([2H])c(C[N+](C)(C)CCCCCCCCCC)c([2H])c1[2H]. The summed E-state index contributed by atoms with van der Waals surface area (Å²) in [5, 5.41) is 0. The Balaban J connectivity index is 2.53. The molecule has 0 fully saturated rings. The highest BCUT2D eigenvalue weighted by Gasteiger charge is 2.14. The van der Waals surface area contributed by atoms with E-state index in [1.165, 1.54) is 44.9 Å². The average molecular weight is 282 g/mol. The van der Waals surface area contributed by atoms with E-state index in [0.29, 0.717) is 16.6 Å². The average Bonchev–Trinajstić information content (AvgIpc) is 2.57. The fourth-order valence-electron chi connectivity index (χ4n) is 2.54. The second-order valence-corrected chi connectivity index (χ2v) is 6.40. The lowest BCUT2D eigenvalue weighted by molar-refractivity contribution is -0.903. The lowest BCUT2D eigenvalue weighted by Crippen LogP contribution is -2.39. The van der Waals surface area contributed by atoms with Gasteiger partial charge in [0, 0.05) is 5.56 Å². The highest BCUT2D eigenvalue weighted by atomic mass is 15.3. The maximum Gasteiger partial charge on any atom is 0.104 e. The largest absolute Gasteiger partial charge is 0.325 e. The molecule has 0 aliphatic carbocycles. The van der Waals surface area contributed by atoms with Crippen molar-refractivity contribution >= 4 is 0 Å². The summed E-state index contributed by atoms with van der Waals surface area (Å²) in [5.41, 5.74) is 0.426. The number of hydrogen-bond donors (Lipinski definition) is 0. The Labute approximate surface area is 133 Å². The quantitative estimate of drug-likeness (QED) is 0.376. The van der Waals surface area contributed by atoms with Crippen LogP contribution in [0.2, 0.25) is 0 Å². The van der Waals surface area contributed by atoms with Gasteiger partial charge in [0.1, 0.15) is 6.54 Å². The van der Waals surface area contributed by atoms with Crippen molar-refractivity contribution in [3.63, 3.8) is 0 Å². The van der Waals surface area contributed by atoms with Crippen LogP contribution in [0.4, 0.5) is 0 Å². The van der Waals surface area contributed by atoms with Gasteiger partial charge in [-0.2, -0.15) is 0 Å². The lowest BCUT2D eigenvalue weighted by atomic mass is 10.1. The molecular weight excluding hydrogens is 242 g/mol. The van der Waals surface area contributed by atoms with Crippen LogP contribution in [-0.2, 0) is 6.54 Å². The first-order valence-corrected chi connectivity index (χ1v) is 8.09. The molecule has 0 bridgehead atoms. The van der Waals surface area contributed by atoms with E-state index in [0.717, 1.165) is 13.0 Å². The first-order valence-electron chi connectivity index (χ1n) is 10.6. The number of quaternary nitrogens is 1. The molecule has 0 aliphatic heterocycles. The smallest absolute Gasteiger partial charge is 0.104 e. The molecule has 1 aromatic carbocycles. The number of nitrogens with zero attached hydrogens (tertiary/aromatic N) is 1. The normalized spacial score (nSPS) is 15.2. The Morgan fingerprint density at radius 2 is 1.40 bits per heavy atom. The van der Waals surface area contributed by atoms with E-state index in [9.17, 15) is 0 Å². The number of unbranched alkanes of at least 4 members (excludes halogenated alkanes) is 7. The molecule has 0 radical (unpaired) electrons. The summed E-state index contributed by atoms with van der Waals surface area (Å²) in [6.07, 6.45) is 10.2. The minimum absolute atomic E-state index is 0.0619. The predicted molar refractivity (Wildman–Crippen MR) is 89.7 cm³/mol. The minimum atomic E-state index is -0.313. The summed E-state index contributed by atoms with van der Waals surface area (Å²) < 4.78 is 40.0. The van der Waals surface area contributed by atoms with Crippen molar-refractivity contribution in [2.75, 3.05) is 20.6 Å². The maximum atomic E-state index is 8.06. The molecule has 0 heterocycles. The van der Waals surface area contributed by atoms with Crippen molar-refractivity contribution < 1.29 is 11.3 Å².